The Kier molecular flexibility index (Phi) is 5.32. The average Bonchev–Trinajstić information content (AvgIpc) is 3.18. The van der Waals surface area contributed by atoms with Gasteiger partial charge in [0.2, 0.25) is 0 Å². The molecular weight excluding hydrogens is 322 g/mol. The number of nitrogens with one attached hydrogen (secondary N) is 1. The lowest BCUT2D eigenvalue weighted by Crippen LogP contribution is -2.40. The molecule has 24 heavy (non-hydrogen) atoms. The molecule has 3 aromatic rings. The van der Waals surface area contributed by atoms with E-state index in [1.165, 1.54) is 0 Å². The van der Waals surface area contributed by atoms with E-state index >= 15 is 0 Å². The first-order valence-corrected chi connectivity index (χ1v) is 8.65. The van der Waals surface area contributed by atoms with Crippen LogP contribution in [0.5, 0.6) is 5.75 Å². The quantitative estimate of drug-likeness (QED) is 0.552. The summed E-state index contributed by atoms with van der Waals surface area (Å²) in [5, 5.41) is 5.36. The lowest BCUT2D eigenvalue weighted by molar-refractivity contribution is 0.281. The number of rotatable bonds is 6. The van der Waals surface area contributed by atoms with Crippen LogP contribution >= 0.6 is 11.3 Å². The van der Waals surface area contributed by atoms with Gasteiger partial charge in [-0.2, -0.15) is 0 Å². The van der Waals surface area contributed by atoms with Crippen molar-refractivity contribution in [2.24, 2.45) is 4.99 Å². The summed E-state index contributed by atoms with van der Waals surface area (Å²) in [4.78, 5) is 11.9. The minimum Gasteiger partial charge on any atom is -0.492 e. The van der Waals surface area contributed by atoms with Gasteiger partial charge in [0.1, 0.15) is 12.4 Å². The third kappa shape index (κ3) is 4.05. The molecule has 0 aliphatic heterocycles. The van der Waals surface area contributed by atoms with E-state index in [1.54, 1.807) is 18.4 Å². The Hall–Kier alpha value is -2.54. The van der Waals surface area contributed by atoms with Crippen molar-refractivity contribution < 1.29 is 4.74 Å². The summed E-state index contributed by atoms with van der Waals surface area (Å²) < 4.78 is 7.75. The Morgan fingerprint density at radius 3 is 2.96 bits per heavy atom. The Morgan fingerprint density at radius 1 is 1.38 bits per heavy atom. The Morgan fingerprint density at radius 2 is 2.21 bits per heavy atom. The second kappa shape index (κ2) is 7.83. The molecule has 6 nitrogen and oxygen atoms in total. The molecule has 0 bridgehead atoms. The standard InChI is InChI=1S/C17H21N5OS/c1-18-16(19-12-14-13-22-9-11-24-17(22)20-14)21(2)8-10-23-15-6-4-3-5-7-15/h3-7,9,11,13H,8,10,12H2,1-2H3,(H,18,19). The fourth-order valence-electron chi connectivity index (χ4n) is 2.34. The topological polar surface area (TPSA) is 54.2 Å². The number of benzene rings is 1. The summed E-state index contributed by atoms with van der Waals surface area (Å²) >= 11 is 1.63. The first kappa shape index (κ1) is 16.3. The number of para-hydroxylation sites is 1. The molecule has 0 radical (unpaired) electrons. The third-order valence-electron chi connectivity index (χ3n) is 3.58. The molecule has 0 saturated carbocycles. The number of fused-ring (bicyclic) bond motifs is 1. The van der Waals surface area contributed by atoms with Crippen LogP contribution in [0.15, 0.2) is 53.1 Å². The number of aromatic nitrogens is 2. The van der Waals surface area contributed by atoms with Crippen LogP contribution in [0.2, 0.25) is 0 Å². The molecule has 0 amide bonds. The van der Waals surface area contributed by atoms with Crippen LogP contribution in [0.25, 0.3) is 4.96 Å². The van der Waals surface area contributed by atoms with E-state index in [4.69, 9.17) is 4.74 Å². The van der Waals surface area contributed by atoms with Gasteiger partial charge in [-0.3, -0.25) is 9.39 Å². The van der Waals surface area contributed by atoms with E-state index in [0.717, 1.165) is 28.9 Å². The lowest BCUT2D eigenvalue weighted by atomic mass is 10.3. The number of hydrogen-bond acceptors (Lipinski definition) is 4. The number of nitrogens with zero attached hydrogens (tertiary/aromatic N) is 4. The fraction of sp³-hybridized carbons (Fsp3) is 0.294. The molecule has 0 atom stereocenters. The number of guanidine groups is 1. The van der Waals surface area contributed by atoms with Gasteiger partial charge >= 0.3 is 0 Å². The van der Waals surface area contributed by atoms with Gasteiger partial charge in [-0.1, -0.05) is 18.2 Å². The zero-order valence-electron chi connectivity index (χ0n) is 13.8. The normalized spacial score (nSPS) is 11.7. The average molecular weight is 343 g/mol. The molecule has 0 aliphatic carbocycles. The number of hydrogen-bond donors (Lipinski definition) is 1. The van der Waals surface area contributed by atoms with E-state index in [0.29, 0.717) is 13.2 Å². The van der Waals surface area contributed by atoms with Gasteiger partial charge in [-0.15, -0.1) is 11.3 Å². The van der Waals surface area contributed by atoms with Gasteiger partial charge in [0.15, 0.2) is 10.9 Å². The summed E-state index contributed by atoms with van der Waals surface area (Å²) in [6, 6.07) is 9.82. The molecule has 0 fully saturated rings. The maximum absolute atomic E-state index is 5.72. The molecule has 0 spiro atoms. The van der Waals surface area contributed by atoms with E-state index in [2.05, 4.69) is 15.3 Å². The minimum atomic E-state index is 0.599. The van der Waals surface area contributed by atoms with E-state index < -0.39 is 0 Å². The highest BCUT2D eigenvalue weighted by atomic mass is 32.1. The highest BCUT2D eigenvalue weighted by Gasteiger charge is 2.08. The summed E-state index contributed by atoms with van der Waals surface area (Å²) in [5.74, 6) is 1.70. The zero-order valence-corrected chi connectivity index (χ0v) is 14.7. The molecule has 2 heterocycles. The number of thiazole rings is 1. The van der Waals surface area contributed by atoms with E-state index in [-0.39, 0.29) is 0 Å². The number of imidazole rings is 1. The van der Waals surface area contributed by atoms with Crippen molar-refractivity contribution in [1.29, 1.82) is 0 Å². The highest BCUT2D eigenvalue weighted by molar-refractivity contribution is 7.15. The van der Waals surface area contributed by atoms with Crippen molar-refractivity contribution in [3.8, 4) is 5.75 Å². The molecule has 1 N–H and O–H groups in total. The summed E-state index contributed by atoms with van der Waals surface area (Å²) in [7, 11) is 3.78. The molecule has 0 unspecified atom stereocenters. The van der Waals surface area contributed by atoms with E-state index in [1.807, 2.05) is 64.5 Å². The van der Waals surface area contributed by atoms with Crippen molar-refractivity contribution in [1.82, 2.24) is 19.6 Å². The first-order chi connectivity index (χ1) is 11.8. The van der Waals surface area contributed by atoms with Gasteiger partial charge < -0.3 is 15.0 Å². The largest absolute Gasteiger partial charge is 0.492 e. The highest BCUT2D eigenvalue weighted by Crippen LogP contribution is 2.11. The van der Waals surface area contributed by atoms with Crippen molar-refractivity contribution in [2.75, 3.05) is 27.2 Å². The molecule has 7 heteroatoms. The van der Waals surface area contributed by atoms with Crippen molar-refractivity contribution in [2.45, 2.75) is 6.54 Å². The van der Waals surface area contributed by atoms with Gasteiger partial charge in [0.05, 0.1) is 18.8 Å². The van der Waals surface area contributed by atoms with Crippen molar-refractivity contribution in [3.05, 3.63) is 53.8 Å². The van der Waals surface area contributed by atoms with Crippen LogP contribution in [0.3, 0.4) is 0 Å². The zero-order chi connectivity index (χ0) is 16.8. The van der Waals surface area contributed by atoms with Gasteiger partial charge in [0.25, 0.3) is 0 Å². The number of ether oxygens (including phenoxy) is 1. The number of aliphatic imine (C=N–C) groups is 1. The predicted octanol–water partition coefficient (Wildman–Crippen LogP) is 2.48. The Bertz CT molecular complexity index is 767. The van der Waals surface area contributed by atoms with Gasteiger partial charge in [-0.05, 0) is 12.1 Å². The minimum absolute atomic E-state index is 0.599. The predicted molar refractivity (Wildman–Crippen MR) is 97.8 cm³/mol. The third-order valence-corrected chi connectivity index (χ3v) is 4.35. The SMILES string of the molecule is CN=C(NCc1cn2ccsc2n1)N(C)CCOc1ccccc1. The first-order valence-electron chi connectivity index (χ1n) is 7.77. The number of likely N-dealkylation sites (N-methyl/N-ethyl adjacent to an activating group) is 1. The second-order valence-electron chi connectivity index (χ2n) is 5.31. The summed E-state index contributed by atoms with van der Waals surface area (Å²) in [6.07, 6.45) is 4.04. The Labute approximate surface area is 145 Å². The van der Waals surface area contributed by atoms with E-state index in [9.17, 15) is 0 Å². The van der Waals surface area contributed by atoms with Gasteiger partial charge in [-0.25, -0.2) is 4.98 Å². The lowest BCUT2D eigenvalue weighted by Gasteiger charge is -2.21. The molecular formula is C17H21N5OS. The molecule has 126 valence electrons. The summed E-state index contributed by atoms with van der Waals surface area (Å²) in [5.41, 5.74) is 0.997. The van der Waals surface area contributed by atoms with Crippen LogP contribution in [-0.2, 0) is 6.54 Å². The Balaban J connectivity index is 1.47. The maximum atomic E-state index is 5.72. The van der Waals surface area contributed by atoms with Gasteiger partial charge in [0, 0.05) is 31.9 Å². The smallest absolute Gasteiger partial charge is 0.193 e. The fourth-order valence-corrected chi connectivity index (χ4v) is 3.06. The van der Waals surface area contributed by atoms with Crippen LogP contribution in [0.4, 0.5) is 0 Å². The van der Waals surface area contributed by atoms with Crippen LogP contribution in [0, 0.1) is 0 Å². The maximum Gasteiger partial charge on any atom is 0.193 e. The van der Waals surface area contributed by atoms with Crippen LogP contribution in [0.1, 0.15) is 5.69 Å². The van der Waals surface area contributed by atoms with Crippen molar-refractivity contribution >= 4 is 22.3 Å². The second-order valence-corrected chi connectivity index (χ2v) is 6.18. The summed E-state index contributed by atoms with van der Waals surface area (Å²) in [6.45, 7) is 1.99. The monoisotopic (exact) mass is 343 g/mol. The van der Waals surface area contributed by atoms with Crippen LogP contribution in [-0.4, -0.2) is 47.5 Å². The molecule has 0 aliphatic rings. The molecule has 0 saturated heterocycles. The molecule has 3 rings (SSSR count). The van der Waals surface area contributed by atoms with Crippen molar-refractivity contribution in [3.63, 3.8) is 0 Å². The molecule has 1 aromatic carbocycles. The van der Waals surface area contributed by atoms with Crippen LogP contribution < -0.4 is 10.1 Å². The molecule has 2 aromatic heterocycles.